The van der Waals surface area contributed by atoms with Crippen LogP contribution >= 0.6 is 11.8 Å². The van der Waals surface area contributed by atoms with E-state index in [4.69, 9.17) is 4.74 Å². The van der Waals surface area contributed by atoms with Crippen molar-refractivity contribution in [1.82, 2.24) is 4.98 Å². The first kappa shape index (κ1) is 16.2. The molecule has 1 aliphatic heterocycles. The maximum atomic E-state index is 13.6. The van der Waals surface area contributed by atoms with Gasteiger partial charge in [-0.05, 0) is 18.2 Å². The minimum absolute atomic E-state index is 0.223. The molecule has 3 N–H and O–H groups in total. The van der Waals surface area contributed by atoms with E-state index in [9.17, 15) is 19.7 Å². The summed E-state index contributed by atoms with van der Waals surface area (Å²) in [5, 5.41) is 29.4. The molecule has 0 unspecified atom stereocenters. The molecule has 122 valence electrons. The van der Waals surface area contributed by atoms with E-state index in [1.165, 1.54) is 23.9 Å². The van der Waals surface area contributed by atoms with Crippen LogP contribution < -0.4 is 4.74 Å². The van der Waals surface area contributed by atoms with Crippen LogP contribution in [-0.2, 0) is 0 Å². The lowest BCUT2D eigenvalue weighted by Gasteiger charge is -2.34. The lowest BCUT2D eigenvalue weighted by atomic mass is 10.1. The second-order valence-corrected chi connectivity index (χ2v) is 6.38. The molecule has 0 aliphatic carbocycles. The number of ether oxygens (including phenoxy) is 1. The van der Waals surface area contributed by atoms with Gasteiger partial charge in [0.15, 0.2) is 5.44 Å². The van der Waals surface area contributed by atoms with Crippen LogP contribution in [0.2, 0.25) is 0 Å². The molecule has 1 aliphatic rings. The number of benzene rings is 1. The monoisotopic (exact) mass is 337 g/mol. The zero-order chi connectivity index (χ0) is 16.4. The molecule has 0 bridgehead atoms. The van der Waals surface area contributed by atoms with Gasteiger partial charge in [-0.15, -0.1) is 11.8 Å². The molecule has 1 saturated heterocycles. The molecule has 5 nitrogen and oxygen atoms in total. The third-order valence-electron chi connectivity index (χ3n) is 3.61. The van der Waals surface area contributed by atoms with Crippen molar-refractivity contribution < 1.29 is 24.4 Å². The minimum atomic E-state index is -1.29. The average molecular weight is 337 g/mol. The van der Waals surface area contributed by atoms with Crippen molar-refractivity contribution in [1.29, 1.82) is 0 Å². The largest absolute Gasteiger partial charge is 0.476 e. The quantitative estimate of drug-likeness (QED) is 0.786. The number of aliphatic hydroxyl groups excluding tert-OH is 3. The predicted molar refractivity (Wildman–Crippen MR) is 84.5 cm³/mol. The summed E-state index contributed by atoms with van der Waals surface area (Å²) in [4.78, 5) is 4.03. The van der Waals surface area contributed by atoms with Gasteiger partial charge in [-0.25, -0.2) is 4.39 Å². The molecule has 7 heteroatoms. The van der Waals surface area contributed by atoms with E-state index >= 15 is 0 Å². The Bertz CT molecular complexity index is 672. The van der Waals surface area contributed by atoms with E-state index in [0.717, 1.165) is 5.56 Å². The highest BCUT2D eigenvalue weighted by atomic mass is 32.2. The summed E-state index contributed by atoms with van der Waals surface area (Å²) < 4.78 is 19.3. The van der Waals surface area contributed by atoms with Crippen LogP contribution in [0.25, 0.3) is 11.1 Å². The molecule has 4 atom stereocenters. The average Bonchev–Trinajstić information content (AvgIpc) is 2.56. The number of aromatic nitrogens is 1. The van der Waals surface area contributed by atoms with Gasteiger partial charge in [0, 0.05) is 35.3 Å². The summed E-state index contributed by atoms with van der Waals surface area (Å²) >= 11 is 1.17. The number of thioether (sulfide) groups is 1. The molecule has 1 aromatic heterocycles. The van der Waals surface area contributed by atoms with Crippen LogP contribution in [0.1, 0.15) is 0 Å². The van der Waals surface area contributed by atoms with Gasteiger partial charge in [-0.2, -0.15) is 0 Å². The van der Waals surface area contributed by atoms with Gasteiger partial charge < -0.3 is 20.1 Å². The van der Waals surface area contributed by atoms with Crippen molar-refractivity contribution >= 4 is 11.8 Å². The second-order valence-electron chi connectivity index (χ2n) is 5.25. The number of hydrogen-bond donors (Lipinski definition) is 3. The van der Waals surface area contributed by atoms with Gasteiger partial charge in [0.05, 0.1) is 6.10 Å². The van der Waals surface area contributed by atoms with E-state index in [-0.39, 0.29) is 11.5 Å². The van der Waals surface area contributed by atoms with Crippen LogP contribution in [0.4, 0.5) is 4.39 Å². The van der Waals surface area contributed by atoms with E-state index < -0.39 is 29.6 Å². The number of rotatable bonds is 3. The Morgan fingerprint density at radius 3 is 2.74 bits per heavy atom. The Balaban J connectivity index is 1.89. The van der Waals surface area contributed by atoms with Crippen LogP contribution in [-0.4, -0.2) is 49.8 Å². The van der Waals surface area contributed by atoms with Crippen molar-refractivity contribution in [2.24, 2.45) is 0 Å². The fraction of sp³-hybridized carbons (Fsp3) is 0.312. The highest BCUT2D eigenvalue weighted by molar-refractivity contribution is 7.99. The molecule has 2 aromatic rings. The summed E-state index contributed by atoms with van der Waals surface area (Å²) in [7, 11) is 0. The molecular formula is C16H16FNO4S. The van der Waals surface area contributed by atoms with Crippen molar-refractivity contribution in [2.45, 2.75) is 23.7 Å². The van der Waals surface area contributed by atoms with Crippen LogP contribution in [0.3, 0.4) is 0 Å². The molecular weight excluding hydrogens is 321 g/mol. The summed E-state index contributed by atoms with van der Waals surface area (Å²) in [5.74, 6) is 0.00197. The topological polar surface area (TPSA) is 82.8 Å². The van der Waals surface area contributed by atoms with Crippen LogP contribution in [0, 0.1) is 5.82 Å². The van der Waals surface area contributed by atoms with Gasteiger partial charge in [-0.3, -0.25) is 4.98 Å². The van der Waals surface area contributed by atoms with E-state index in [2.05, 4.69) is 4.98 Å². The number of nitrogens with zero attached hydrogens (tertiary/aromatic N) is 1. The van der Waals surface area contributed by atoms with Gasteiger partial charge in [-0.1, -0.05) is 6.07 Å². The number of hydrogen-bond acceptors (Lipinski definition) is 6. The zero-order valence-electron chi connectivity index (χ0n) is 12.0. The first-order valence-electron chi connectivity index (χ1n) is 7.08. The molecule has 23 heavy (non-hydrogen) atoms. The van der Waals surface area contributed by atoms with Gasteiger partial charge in [0.2, 0.25) is 0 Å². The Labute approximate surface area is 136 Å². The van der Waals surface area contributed by atoms with E-state index in [1.54, 1.807) is 24.5 Å². The molecule has 0 saturated carbocycles. The van der Waals surface area contributed by atoms with Gasteiger partial charge >= 0.3 is 0 Å². The van der Waals surface area contributed by atoms with E-state index in [1.807, 2.05) is 6.07 Å². The Morgan fingerprint density at radius 2 is 2.00 bits per heavy atom. The first-order chi connectivity index (χ1) is 11.1. The third-order valence-corrected chi connectivity index (χ3v) is 4.85. The molecule has 0 spiro atoms. The second kappa shape index (κ2) is 6.84. The lowest BCUT2D eigenvalue weighted by molar-refractivity contribution is -0.0785. The smallest absolute Gasteiger partial charge is 0.173 e. The van der Waals surface area contributed by atoms with Crippen molar-refractivity contribution in [3.8, 4) is 16.9 Å². The summed E-state index contributed by atoms with van der Waals surface area (Å²) in [6, 6.07) is 7.70. The summed E-state index contributed by atoms with van der Waals surface area (Å²) in [6.45, 7) is 0. The fourth-order valence-electron chi connectivity index (χ4n) is 2.36. The lowest BCUT2D eigenvalue weighted by Crippen LogP contribution is -2.50. The number of halogens is 1. The molecule has 0 amide bonds. The Kier molecular flexibility index (Phi) is 4.82. The van der Waals surface area contributed by atoms with E-state index in [0.29, 0.717) is 5.56 Å². The van der Waals surface area contributed by atoms with Crippen LogP contribution in [0.5, 0.6) is 5.75 Å². The zero-order valence-corrected chi connectivity index (χ0v) is 12.9. The maximum absolute atomic E-state index is 13.6. The Hall–Kier alpha value is -1.67. The third kappa shape index (κ3) is 3.48. The van der Waals surface area contributed by atoms with Crippen molar-refractivity contribution in [3.63, 3.8) is 0 Å². The highest BCUT2D eigenvalue weighted by Crippen LogP contribution is 2.35. The predicted octanol–water partition coefficient (Wildman–Crippen LogP) is 1.42. The van der Waals surface area contributed by atoms with Crippen molar-refractivity contribution in [2.75, 3.05) is 5.75 Å². The minimum Gasteiger partial charge on any atom is -0.476 e. The SMILES string of the molecule is O[C@@H]1[C@@H](O)[C@H](Oc2cc(F)ccc2-c2cccnc2)SC[C@H]1O. The maximum Gasteiger partial charge on any atom is 0.173 e. The normalized spacial score (nSPS) is 27.7. The summed E-state index contributed by atoms with van der Waals surface area (Å²) in [5.41, 5.74) is 0.580. The van der Waals surface area contributed by atoms with Crippen molar-refractivity contribution in [3.05, 3.63) is 48.5 Å². The number of aliphatic hydroxyl groups is 3. The summed E-state index contributed by atoms with van der Waals surface area (Å²) in [6.07, 6.45) is -0.319. The number of pyridine rings is 1. The first-order valence-corrected chi connectivity index (χ1v) is 8.13. The van der Waals surface area contributed by atoms with Gasteiger partial charge in [0.25, 0.3) is 0 Å². The van der Waals surface area contributed by atoms with Crippen LogP contribution in [0.15, 0.2) is 42.7 Å². The standard InChI is InChI=1S/C16H16FNO4S/c17-10-3-4-11(9-2-1-5-18-7-9)13(6-10)22-16-15(21)14(20)12(19)8-23-16/h1-7,12,14-16,19-21H,8H2/t12-,14+,15-,16-/m1/s1. The molecule has 1 fully saturated rings. The molecule has 0 radical (unpaired) electrons. The Morgan fingerprint density at radius 1 is 1.17 bits per heavy atom. The fourth-order valence-corrected chi connectivity index (χ4v) is 3.48. The molecule has 1 aromatic carbocycles. The highest BCUT2D eigenvalue weighted by Gasteiger charge is 2.38. The molecule has 3 rings (SSSR count). The molecule has 2 heterocycles. The van der Waals surface area contributed by atoms with Gasteiger partial charge in [0.1, 0.15) is 23.8 Å².